The highest BCUT2D eigenvalue weighted by Gasteiger charge is 2.46. The molecule has 0 saturated heterocycles. The molecule has 9 aromatic rings. The maximum Gasteiger partial charge on any atom is 0.256 e. The van der Waals surface area contributed by atoms with Crippen LogP contribution in [0, 0.1) is 0 Å². The molecule has 0 atom stereocenters. The van der Waals surface area contributed by atoms with E-state index in [0.29, 0.717) is 0 Å². The summed E-state index contributed by atoms with van der Waals surface area (Å²) in [4.78, 5) is 4.76. The first-order valence-corrected chi connectivity index (χ1v) is 17.5. The molecule has 9 aromatic carbocycles. The third-order valence-corrected chi connectivity index (χ3v) is 11.0. The third kappa shape index (κ3) is 3.59. The number of hydrogen-bond donors (Lipinski definition) is 0. The Labute approximate surface area is 294 Å². The zero-order chi connectivity index (χ0) is 33.2. The van der Waals surface area contributed by atoms with Crippen molar-refractivity contribution in [3.05, 3.63) is 164 Å². The summed E-state index contributed by atoms with van der Waals surface area (Å²) in [7, 11) is 0. The van der Waals surface area contributed by atoms with Crippen LogP contribution in [-0.2, 0) is 0 Å². The zero-order valence-electron chi connectivity index (χ0n) is 27.4. The Hall–Kier alpha value is -6.72. The van der Waals surface area contributed by atoms with Crippen molar-refractivity contribution in [1.82, 2.24) is 0 Å². The van der Waals surface area contributed by atoms with Gasteiger partial charge in [0.1, 0.15) is 11.5 Å². The minimum absolute atomic E-state index is 0.0230. The van der Waals surface area contributed by atoms with Crippen LogP contribution in [0.1, 0.15) is 0 Å². The van der Waals surface area contributed by atoms with Crippen molar-refractivity contribution in [2.45, 2.75) is 0 Å². The predicted molar refractivity (Wildman–Crippen MR) is 211 cm³/mol. The maximum absolute atomic E-state index is 7.14. The molecule has 0 fully saturated rings. The molecule has 0 aromatic heterocycles. The van der Waals surface area contributed by atoms with Crippen LogP contribution in [0.3, 0.4) is 0 Å². The fourth-order valence-corrected chi connectivity index (χ4v) is 8.93. The Morgan fingerprint density at radius 3 is 1.92 bits per heavy atom. The number of anilines is 6. The molecule has 0 aliphatic carbocycles. The molecule has 0 N–H and O–H groups in total. The molecular weight excluding hydrogens is 623 g/mol. The number of ether oxygens (including phenoxy) is 2. The first kappa shape index (κ1) is 27.1. The Bertz CT molecular complexity index is 2890. The number of para-hydroxylation sites is 5. The molecule has 12 rings (SSSR count). The summed E-state index contributed by atoms with van der Waals surface area (Å²) in [5, 5.41) is 7.50. The van der Waals surface area contributed by atoms with Crippen LogP contribution in [0.2, 0.25) is 0 Å². The van der Waals surface area contributed by atoms with Crippen molar-refractivity contribution in [1.29, 1.82) is 0 Å². The lowest BCUT2D eigenvalue weighted by Gasteiger charge is -2.43. The van der Waals surface area contributed by atoms with E-state index in [1.807, 2.05) is 0 Å². The van der Waals surface area contributed by atoms with Gasteiger partial charge in [-0.1, -0.05) is 115 Å². The minimum Gasteiger partial charge on any atom is -0.458 e. The summed E-state index contributed by atoms with van der Waals surface area (Å²) in [6.07, 6.45) is 0. The normalized spacial score (nSPS) is 13.7. The lowest BCUT2D eigenvalue weighted by molar-refractivity contribution is 0.469. The highest BCUT2D eigenvalue weighted by Crippen LogP contribution is 2.58. The lowest BCUT2D eigenvalue weighted by atomic mass is 9.34. The van der Waals surface area contributed by atoms with Gasteiger partial charge in [-0.2, -0.15) is 0 Å². The van der Waals surface area contributed by atoms with Crippen LogP contribution in [0.5, 0.6) is 23.0 Å². The summed E-state index contributed by atoms with van der Waals surface area (Å²) in [5.41, 5.74) is 9.74. The first-order valence-electron chi connectivity index (χ1n) is 17.5. The standard InChI is InChI=1S/C46H27BN2O2/c1-2-13-31(14-3-1)48-36-17-6-4-15-33(36)47-34-16-5-8-19-39(34)50-41-27-38-46(45(48)44(41)47)51-40-20-9-7-18-37(40)49(38)35-26-24-30-22-21-28-11-10-12-29-23-25-32(35)43(30)42(28)29/h1-27H. The van der Waals surface area contributed by atoms with E-state index in [2.05, 4.69) is 174 Å². The summed E-state index contributed by atoms with van der Waals surface area (Å²) in [6.45, 7) is -0.0230. The van der Waals surface area contributed by atoms with Gasteiger partial charge in [0, 0.05) is 28.3 Å². The van der Waals surface area contributed by atoms with E-state index in [-0.39, 0.29) is 6.71 Å². The molecule has 236 valence electrons. The van der Waals surface area contributed by atoms with E-state index in [1.54, 1.807) is 0 Å². The van der Waals surface area contributed by atoms with Gasteiger partial charge in [-0.15, -0.1) is 0 Å². The SMILES string of the molecule is c1ccc(N2c3ccccc3B3c4ccccc4Oc4cc5c(c2c43)Oc2ccccc2N5c2ccc3ccc4cccc5ccc2c3c45)cc1. The van der Waals surface area contributed by atoms with Crippen molar-refractivity contribution < 1.29 is 9.47 Å². The molecule has 3 aliphatic rings. The Kier molecular flexibility index (Phi) is 5.29. The van der Waals surface area contributed by atoms with Gasteiger partial charge in [0.15, 0.2) is 11.5 Å². The van der Waals surface area contributed by atoms with Gasteiger partial charge in [-0.25, -0.2) is 0 Å². The zero-order valence-corrected chi connectivity index (χ0v) is 27.4. The molecule has 51 heavy (non-hydrogen) atoms. The monoisotopic (exact) mass is 650 g/mol. The fraction of sp³-hybridized carbons (Fsp3) is 0. The van der Waals surface area contributed by atoms with Gasteiger partial charge < -0.3 is 19.3 Å². The largest absolute Gasteiger partial charge is 0.458 e. The van der Waals surface area contributed by atoms with E-state index in [0.717, 1.165) is 68.0 Å². The second-order valence-corrected chi connectivity index (χ2v) is 13.6. The molecule has 0 radical (unpaired) electrons. The fourth-order valence-electron chi connectivity index (χ4n) is 8.93. The molecule has 0 amide bonds. The molecule has 0 spiro atoms. The van der Waals surface area contributed by atoms with E-state index >= 15 is 0 Å². The van der Waals surface area contributed by atoms with Gasteiger partial charge in [0.05, 0.1) is 22.7 Å². The maximum atomic E-state index is 7.14. The molecule has 3 heterocycles. The summed E-state index contributed by atoms with van der Waals surface area (Å²) in [6, 6.07) is 58.6. The van der Waals surface area contributed by atoms with Crippen LogP contribution >= 0.6 is 0 Å². The number of nitrogens with zero attached hydrogens (tertiary/aromatic N) is 2. The van der Waals surface area contributed by atoms with Crippen LogP contribution in [0.15, 0.2) is 164 Å². The lowest BCUT2D eigenvalue weighted by Crippen LogP contribution is -2.59. The predicted octanol–water partition coefficient (Wildman–Crippen LogP) is 10.6. The van der Waals surface area contributed by atoms with Crippen molar-refractivity contribution >= 4 is 89.5 Å². The molecule has 3 aliphatic heterocycles. The second kappa shape index (κ2) is 9.93. The van der Waals surface area contributed by atoms with E-state index in [4.69, 9.17) is 9.47 Å². The highest BCUT2D eigenvalue weighted by molar-refractivity contribution is 6.99. The van der Waals surface area contributed by atoms with Gasteiger partial charge in [-0.05, 0) is 80.3 Å². The van der Waals surface area contributed by atoms with Crippen LogP contribution in [0.4, 0.5) is 34.1 Å². The van der Waals surface area contributed by atoms with Crippen molar-refractivity contribution in [3.8, 4) is 23.0 Å². The molecule has 4 nitrogen and oxygen atoms in total. The minimum atomic E-state index is -0.0230. The Balaban J connectivity index is 1.21. The molecule has 0 saturated carbocycles. The quantitative estimate of drug-likeness (QED) is 0.137. The van der Waals surface area contributed by atoms with E-state index in [1.165, 1.54) is 37.8 Å². The average molecular weight is 651 g/mol. The van der Waals surface area contributed by atoms with Gasteiger partial charge in [0.25, 0.3) is 6.71 Å². The van der Waals surface area contributed by atoms with E-state index in [9.17, 15) is 0 Å². The highest BCUT2D eigenvalue weighted by atomic mass is 16.5. The Morgan fingerprint density at radius 1 is 0.412 bits per heavy atom. The van der Waals surface area contributed by atoms with Gasteiger partial charge in [0.2, 0.25) is 0 Å². The average Bonchev–Trinajstić information content (AvgIpc) is 3.19. The van der Waals surface area contributed by atoms with Crippen LogP contribution in [0.25, 0.3) is 32.3 Å². The van der Waals surface area contributed by atoms with Gasteiger partial charge >= 0.3 is 0 Å². The summed E-state index contributed by atoms with van der Waals surface area (Å²) in [5.74, 6) is 3.35. The van der Waals surface area contributed by atoms with Crippen molar-refractivity contribution in [2.24, 2.45) is 0 Å². The number of fused-ring (bicyclic) bond motifs is 7. The molecule has 5 heteroatoms. The second-order valence-electron chi connectivity index (χ2n) is 13.6. The molecule has 0 unspecified atom stereocenters. The molecular formula is C46H27BN2O2. The van der Waals surface area contributed by atoms with Crippen LogP contribution in [-0.4, -0.2) is 6.71 Å². The first-order chi connectivity index (χ1) is 25.3. The third-order valence-electron chi connectivity index (χ3n) is 11.0. The number of rotatable bonds is 2. The van der Waals surface area contributed by atoms with Crippen molar-refractivity contribution in [3.63, 3.8) is 0 Å². The number of benzene rings is 9. The summed E-state index contributed by atoms with van der Waals surface area (Å²) < 4.78 is 14.1. The number of hydrogen-bond acceptors (Lipinski definition) is 4. The smallest absolute Gasteiger partial charge is 0.256 e. The topological polar surface area (TPSA) is 24.9 Å². The Morgan fingerprint density at radius 2 is 1.08 bits per heavy atom. The van der Waals surface area contributed by atoms with Crippen LogP contribution < -0.4 is 35.7 Å². The van der Waals surface area contributed by atoms with Crippen molar-refractivity contribution in [2.75, 3.05) is 9.80 Å². The summed E-state index contributed by atoms with van der Waals surface area (Å²) >= 11 is 0. The van der Waals surface area contributed by atoms with E-state index < -0.39 is 0 Å². The van der Waals surface area contributed by atoms with Gasteiger partial charge in [-0.3, -0.25) is 0 Å². The molecule has 0 bridgehead atoms.